The Labute approximate surface area is 110 Å². The van der Waals surface area contributed by atoms with E-state index >= 15 is 0 Å². The Morgan fingerprint density at radius 1 is 1.05 bits per heavy atom. The van der Waals surface area contributed by atoms with Crippen LogP contribution in [0, 0.1) is 0 Å². The van der Waals surface area contributed by atoms with Crippen LogP contribution in [0.25, 0.3) is 20.9 Å². The van der Waals surface area contributed by atoms with Crippen LogP contribution in [0.3, 0.4) is 0 Å². The third-order valence-corrected chi connectivity index (χ3v) is 3.18. The molecule has 1 aliphatic carbocycles. The summed E-state index contributed by atoms with van der Waals surface area (Å²) in [7, 11) is 0. The van der Waals surface area contributed by atoms with Crippen molar-refractivity contribution in [3.05, 3.63) is 56.8 Å². The standard InChI is InChI=1S/C12H14N6O/c13-17-15-11-6-10(7-12(11)16-18-14)19-8-9-4-2-1-3-5-9/h1-5,10-12H,6-8H2/t10-,11-,12+. The molecule has 7 heteroatoms. The monoisotopic (exact) mass is 258 g/mol. The normalized spacial score (nSPS) is 25.4. The van der Waals surface area contributed by atoms with Crippen molar-refractivity contribution in [2.24, 2.45) is 10.2 Å². The summed E-state index contributed by atoms with van der Waals surface area (Å²) in [4.78, 5) is 5.58. The van der Waals surface area contributed by atoms with E-state index in [2.05, 4.69) is 20.1 Å². The number of benzene rings is 1. The van der Waals surface area contributed by atoms with Gasteiger partial charge in [-0.15, -0.1) is 0 Å². The molecule has 0 N–H and O–H groups in total. The molecule has 1 saturated carbocycles. The second-order valence-corrected chi connectivity index (χ2v) is 4.43. The summed E-state index contributed by atoms with van der Waals surface area (Å²) in [5, 5.41) is 7.33. The summed E-state index contributed by atoms with van der Waals surface area (Å²) in [5.74, 6) is 0. The minimum Gasteiger partial charge on any atom is -0.374 e. The molecule has 7 nitrogen and oxygen atoms in total. The average molecular weight is 258 g/mol. The van der Waals surface area contributed by atoms with Crippen LogP contribution in [-0.4, -0.2) is 18.2 Å². The van der Waals surface area contributed by atoms with Gasteiger partial charge in [-0.05, 0) is 29.5 Å². The molecule has 0 aromatic heterocycles. The molecular formula is C12H14N6O. The number of nitrogens with zero attached hydrogens (tertiary/aromatic N) is 6. The Bertz CT molecular complexity index is 480. The van der Waals surface area contributed by atoms with Gasteiger partial charge in [-0.3, -0.25) is 0 Å². The number of hydrogen-bond donors (Lipinski definition) is 0. The Balaban J connectivity index is 1.92. The van der Waals surface area contributed by atoms with Crippen LogP contribution in [0.2, 0.25) is 0 Å². The number of hydrogen-bond acceptors (Lipinski definition) is 3. The predicted molar refractivity (Wildman–Crippen MR) is 70.1 cm³/mol. The summed E-state index contributed by atoms with van der Waals surface area (Å²) in [5.41, 5.74) is 18.1. The fraction of sp³-hybridized carbons (Fsp3) is 0.500. The average Bonchev–Trinajstić information content (AvgIpc) is 2.81. The van der Waals surface area contributed by atoms with Gasteiger partial charge in [0.05, 0.1) is 12.7 Å². The fourth-order valence-electron chi connectivity index (χ4n) is 2.25. The highest BCUT2D eigenvalue weighted by Crippen LogP contribution is 2.28. The van der Waals surface area contributed by atoms with Crippen LogP contribution in [0.5, 0.6) is 0 Å². The van der Waals surface area contributed by atoms with E-state index in [4.69, 9.17) is 15.8 Å². The van der Waals surface area contributed by atoms with Crippen LogP contribution >= 0.6 is 0 Å². The highest BCUT2D eigenvalue weighted by molar-refractivity contribution is 5.13. The van der Waals surface area contributed by atoms with Gasteiger partial charge < -0.3 is 4.74 Å². The van der Waals surface area contributed by atoms with Gasteiger partial charge in [0.1, 0.15) is 0 Å². The zero-order chi connectivity index (χ0) is 13.5. The number of rotatable bonds is 5. The smallest absolute Gasteiger partial charge is 0.0720 e. The van der Waals surface area contributed by atoms with E-state index in [-0.39, 0.29) is 18.2 Å². The van der Waals surface area contributed by atoms with Crippen LogP contribution in [0.1, 0.15) is 18.4 Å². The Kier molecular flexibility index (Phi) is 4.64. The van der Waals surface area contributed by atoms with Gasteiger partial charge in [-0.25, -0.2) is 0 Å². The molecule has 1 aromatic rings. The molecule has 0 heterocycles. The van der Waals surface area contributed by atoms with Crippen molar-refractivity contribution < 1.29 is 4.74 Å². The zero-order valence-corrected chi connectivity index (χ0v) is 10.3. The van der Waals surface area contributed by atoms with E-state index in [1.165, 1.54) is 0 Å². The maximum absolute atomic E-state index is 8.49. The summed E-state index contributed by atoms with van der Waals surface area (Å²) < 4.78 is 5.78. The van der Waals surface area contributed by atoms with Crippen molar-refractivity contribution in [3.63, 3.8) is 0 Å². The molecule has 0 aliphatic heterocycles. The fourth-order valence-corrected chi connectivity index (χ4v) is 2.25. The Morgan fingerprint density at radius 3 is 2.16 bits per heavy atom. The Morgan fingerprint density at radius 2 is 1.63 bits per heavy atom. The largest absolute Gasteiger partial charge is 0.374 e. The third kappa shape index (κ3) is 3.63. The van der Waals surface area contributed by atoms with Gasteiger partial charge in [0.15, 0.2) is 0 Å². The van der Waals surface area contributed by atoms with E-state index < -0.39 is 0 Å². The SMILES string of the molecule is [N-]=[N+]=N[C@H]1C[C@H](OCc2ccccc2)C[C@H]1N=[N+]=[N-]. The lowest BCUT2D eigenvalue weighted by Gasteiger charge is -2.11. The summed E-state index contributed by atoms with van der Waals surface area (Å²) >= 11 is 0. The zero-order valence-electron chi connectivity index (χ0n) is 10.3. The molecule has 2 rings (SSSR count). The minimum atomic E-state index is -0.304. The molecule has 0 unspecified atom stereocenters. The molecule has 0 spiro atoms. The van der Waals surface area contributed by atoms with Crippen molar-refractivity contribution in [1.82, 2.24) is 0 Å². The maximum atomic E-state index is 8.49. The lowest BCUT2D eigenvalue weighted by molar-refractivity contribution is 0.0441. The van der Waals surface area contributed by atoms with E-state index in [0.717, 1.165) is 5.56 Å². The maximum Gasteiger partial charge on any atom is 0.0720 e. The minimum absolute atomic E-state index is 0.0359. The highest BCUT2D eigenvalue weighted by Gasteiger charge is 2.33. The highest BCUT2D eigenvalue weighted by atomic mass is 16.5. The van der Waals surface area contributed by atoms with Gasteiger partial charge >= 0.3 is 0 Å². The first-order chi connectivity index (χ1) is 9.33. The van der Waals surface area contributed by atoms with Crippen LogP contribution < -0.4 is 0 Å². The molecule has 0 bridgehead atoms. The van der Waals surface area contributed by atoms with Crippen molar-refractivity contribution in [1.29, 1.82) is 0 Å². The molecule has 1 aliphatic rings. The first-order valence-corrected chi connectivity index (χ1v) is 6.07. The second kappa shape index (κ2) is 6.66. The van der Waals surface area contributed by atoms with E-state index in [1.54, 1.807) is 0 Å². The second-order valence-electron chi connectivity index (χ2n) is 4.43. The van der Waals surface area contributed by atoms with Crippen molar-refractivity contribution in [2.45, 2.75) is 37.6 Å². The van der Waals surface area contributed by atoms with Crippen LogP contribution in [0.4, 0.5) is 0 Å². The van der Waals surface area contributed by atoms with Gasteiger partial charge in [0.25, 0.3) is 0 Å². The lowest BCUT2D eigenvalue weighted by atomic mass is 10.2. The van der Waals surface area contributed by atoms with E-state index in [9.17, 15) is 0 Å². The first-order valence-electron chi connectivity index (χ1n) is 6.07. The molecule has 1 aromatic carbocycles. The summed E-state index contributed by atoms with van der Waals surface area (Å²) in [6.45, 7) is 0.511. The molecule has 1 fully saturated rings. The van der Waals surface area contributed by atoms with E-state index in [1.807, 2.05) is 30.3 Å². The molecule has 98 valence electrons. The van der Waals surface area contributed by atoms with Gasteiger partial charge in [-0.1, -0.05) is 40.6 Å². The van der Waals surface area contributed by atoms with E-state index in [0.29, 0.717) is 19.4 Å². The predicted octanol–water partition coefficient (Wildman–Crippen LogP) is 3.72. The number of ether oxygens (including phenoxy) is 1. The van der Waals surface area contributed by atoms with Gasteiger partial charge in [-0.2, -0.15) is 0 Å². The van der Waals surface area contributed by atoms with Gasteiger partial charge in [0, 0.05) is 21.9 Å². The topological polar surface area (TPSA) is 107 Å². The van der Waals surface area contributed by atoms with Crippen molar-refractivity contribution in [2.75, 3.05) is 0 Å². The third-order valence-electron chi connectivity index (χ3n) is 3.18. The summed E-state index contributed by atoms with van der Waals surface area (Å²) in [6.07, 6.45) is 1.16. The molecule has 0 saturated heterocycles. The molecule has 0 radical (unpaired) electrons. The number of azide groups is 2. The van der Waals surface area contributed by atoms with Gasteiger partial charge in [0.2, 0.25) is 0 Å². The van der Waals surface area contributed by atoms with Crippen LogP contribution in [-0.2, 0) is 11.3 Å². The lowest BCUT2D eigenvalue weighted by Crippen LogP contribution is -2.12. The van der Waals surface area contributed by atoms with Crippen LogP contribution in [0.15, 0.2) is 40.6 Å². The summed E-state index contributed by atoms with van der Waals surface area (Å²) in [6, 6.07) is 9.24. The molecule has 0 amide bonds. The molecular weight excluding hydrogens is 244 g/mol. The quantitative estimate of drug-likeness (QED) is 0.447. The van der Waals surface area contributed by atoms with Crippen molar-refractivity contribution >= 4 is 0 Å². The molecule has 19 heavy (non-hydrogen) atoms. The first kappa shape index (κ1) is 13.2. The van der Waals surface area contributed by atoms with Crippen molar-refractivity contribution in [3.8, 4) is 0 Å². The Hall–Kier alpha value is -2.20. The molecule has 3 atom stereocenters.